The minimum atomic E-state index is -0.437. The maximum absolute atomic E-state index is 11.3. The highest BCUT2D eigenvalue weighted by Gasteiger charge is 2.39. The number of benzene rings is 2. The Labute approximate surface area is 150 Å². The Morgan fingerprint density at radius 3 is 2.92 bits per heavy atom. The Balaban J connectivity index is 1.81. The largest absolute Gasteiger partial charge is 0.495 e. The van der Waals surface area contributed by atoms with Gasteiger partial charge in [-0.1, -0.05) is 42.0 Å². The van der Waals surface area contributed by atoms with Gasteiger partial charge in [-0.25, -0.2) is 0 Å². The van der Waals surface area contributed by atoms with E-state index in [0.717, 1.165) is 23.4 Å². The summed E-state index contributed by atoms with van der Waals surface area (Å²) in [7, 11) is 1.65. The molecule has 2 aromatic carbocycles. The van der Waals surface area contributed by atoms with Crippen LogP contribution in [0.25, 0.3) is 0 Å². The monoisotopic (exact) mass is 356 g/mol. The van der Waals surface area contributed by atoms with E-state index in [9.17, 15) is 10.1 Å². The normalized spacial score (nSPS) is 23.5. The van der Waals surface area contributed by atoms with Crippen molar-refractivity contribution in [1.29, 1.82) is 0 Å². The topological polar surface area (TPSA) is 64.4 Å². The Kier molecular flexibility index (Phi) is 3.88. The number of nitro benzene ring substituents is 1. The third kappa shape index (κ3) is 2.55. The quantitative estimate of drug-likeness (QED) is 0.473. The molecule has 2 aliphatic rings. The molecule has 0 unspecified atom stereocenters. The molecule has 0 radical (unpaired) electrons. The lowest BCUT2D eigenvalue weighted by molar-refractivity contribution is -0.384. The van der Waals surface area contributed by atoms with Gasteiger partial charge in [-0.15, -0.1) is 0 Å². The van der Waals surface area contributed by atoms with E-state index < -0.39 is 4.92 Å². The molecule has 128 valence electrons. The van der Waals surface area contributed by atoms with Gasteiger partial charge >= 0.3 is 0 Å². The number of ether oxygens (including phenoxy) is 1. The van der Waals surface area contributed by atoms with E-state index >= 15 is 0 Å². The molecule has 0 saturated heterocycles. The number of halogens is 1. The lowest BCUT2D eigenvalue weighted by atomic mass is 9.77. The van der Waals surface area contributed by atoms with Crippen molar-refractivity contribution in [3.63, 3.8) is 0 Å². The Morgan fingerprint density at radius 2 is 2.16 bits per heavy atom. The molecule has 0 saturated carbocycles. The molecule has 3 atom stereocenters. The second-order valence-electron chi connectivity index (χ2n) is 6.37. The van der Waals surface area contributed by atoms with Crippen molar-refractivity contribution in [3.05, 3.63) is 74.8 Å². The van der Waals surface area contributed by atoms with Crippen molar-refractivity contribution in [3.8, 4) is 5.75 Å². The summed E-state index contributed by atoms with van der Waals surface area (Å²) in [6.45, 7) is 0. The Hall–Kier alpha value is -2.53. The molecular weight excluding hydrogens is 340 g/mol. The van der Waals surface area contributed by atoms with E-state index in [1.165, 1.54) is 5.56 Å². The van der Waals surface area contributed by atoms with Gasteiger partial charge in [-0.05, 0) is 35.6 Å². The maximum Gasteiger partial charge on any atom is 0.288 e. The number of nitro groups is 1. The number of hydrogen-bond donors (Lipinski definition) is 1. The van der Waals surface area contributed by atoms with Gasteiger partial charge in [0.05, 0.1) is 23.8 Å². The van der Waals surface area contributed by atoms with Gasteiger partial charge in [0.25, 0.3) is 5.69 Å². The number of methoxy groups -OCH3 is 1. The summed E-state index contributed by atoms with van der Waals surface area (Å²) in [6, 6.07) is 11.0. The van der Waals surface area contributed by atoms with Crippen LogP contribution in [0.5, 0.6) is 5.75 Å². The number of allylic oxidation sites excluding steroid dienone is 2. The van der Waals surface area contributed by atoms with Gasteiger partial charge < -0.3 is 10.1 Å². The van der Waals surface area contributed by atoms with E-state index in [4.69, 9.17) is 16.3 Å². The molecule has 0 fully saturated rings. The third-order valence-electron chi connectivity index (χ3n) is 5.10. The highest BCUT2D eigenvalue weighted by molar-refractivity contribution is 6.32. The molecule has 0 spiro atoms. The molecule has 2 aromatic rings. The predicted octanol–water partition coefficient (Wildman–Crippen LogP) is 5.08. The molecule has 5 nitrogen and oxygen atoms in total. The fourth-order valence-corrected chi connectivity index (χ4v) is 4.14. The first-order valence-corrected chi connectivity index (χ1v) is 8.52. The van der Waals surface area contributed by atoms with Crippen molar-refractivity contribution >= 4 is 23.0 Å². The van der Waals surface area contributed by atoms with Crippen molar-refractivity contribution in [2.75, 3.05) is 12.4 Å². The summed E-state index contributed by atoms with van der Waals surface area (Å²) in [5.74, 6) is 1.36. The number of hydrogen-bond acceptors (Lipinski definition) is 4. The van der Waals surface area contributed by atoms with E-state index in [1.807, 2.05) is 18.2 Å². The van der Waals surface area contributed by atoms with Crippen LogP contribution >= 0.6 is 11.6 Å². The standard InChI is InChI=1S/C19H17ClN2O3/c1-25-17-7-3-6-14-12-4-2-5-13(12)18(21-19(14)17)11-8-9-15(20)16(10-11)22(23)24/h2-4,6-10,12-13,18,21H,5H2,1H3/t12-,13+,18+/m0/s1. The van der Waals surface area contributed by atoms with Crippen LogP contribution in [0.2, 0.25) is 5.02 Å². The van der Waals surface area contributed by atoms with Gasteiger partial charge in [0.1, 0.15) is 10.8 Å². The van der Waals surface area contributed by atoms with E-state index in [2.05, 4.69) is 23.5 Å². The minimum Gasteiger partial charge on any atom is -0.495 e. The van der Waals surface area contributed by atoms with Gasteiger partial charge in [0.15, 0.2) is 0 Å². The first-order valence-electron chi connectivity index (χ1n) is 8.14. The maximum atomic E-state index is 11.3. The molecule has 0 bridgehead atoms. The molecule has 1 N–H and O–H groups in total. The van der Waals surface area contributed by atoms with Crippen LogP contribution in [-0.2, 0) is 0 Å². The number of fused-ring (bicyclic) bond motifs is 3. The molecule has 0 aromatic heterocycles. The molecule has 25 heavy (non-hydrogen) atoms. The smallest absolute Gasteiger partial charge is 0.288 e. The van der Waals surface area contributed by atoms with Crippen molar-refractivity contribution in [2.45, 2.75) is 18.4 Å². The predicted molar refractivity (Wildman–Crippen MR) is 97.5 cm³/mol. The first kappa shape index (κ1) is 16.0. The molecule has 6 heteroatoms. The molecule has 4 rings (SSSR count). The van der Waals surface area contributed by atoms with Gasteiger partial charge in [-0.3, -0.25) is 10.1 Å². The molecule has 0 amide bonds. The highest BCUT2D eigenvalue weighted by Crippen LogP contribution is 2.52. The van der Waals surface area contributed by atoms with Gasteiger partial charge in [0, 0.05) is 12.0 Å². The molecule has 1 heterocycles. The number of para-hydroxylation sites is 1. The van der Waals surface area contributed by atoms with Crippen molar-refractivity contribution in [1.82, 2.24) is 0 Å². The van der Waals surface area contributed by atoms with E-state index in [0.29, 0.717) is 5.92 Å². The average Bonchev–Trinajstić information content (AvgIpc) is 3.10. The van der Waals surface area contributed by atoms with Crippen LogP contribution < -0.4 is 10.1 Å². The third-order valence-corrected chi connectivity index (χ3v) is 5.42. The van der Waals surface area contributed by atoms with Crippen LogP contribution in [0.15, 0.2) is 48.6 Å². The second kappa shape index (κ2) is 6.08. The zero-order chi connectivity index (χ0) is 17.6. The number of nitrogens with zero attached hydrogens (tertiary/aromatic N) is 1. The summed E-state index contributed by atoms with van der Waals surface area (Å²) in [5.41, 5.74) is 2.97. The number of rotatable bonds is 3. The molecule has 1 aliphatic carbocycles. The Morgan fingerprint density at radius 1 is 1.32 bits per heavy atom. The summed E-state index contributed by atoms with van der Waals surface area (Å²) in [5, 5.41) is 15.0. The van der Waals surface area contributed by atoms with Gasteiger partial charge in [0.2, 0.25) is 0 Å². The van der Waals surface area contributed by atoms with Crippen molar-refractivity contribution in [2.24, 2.45) is 5.92 Å². The molecule has 1 aliphatic heterocycles. The highest BCUT2D eigenvalue weighted by atomic mass is 35.5. The molecular formula is C19H17ClN2O3. The van der Waals surface area contributed by atoms with Gasteiger partial charge in [-0.2, -0.15) is 0 Å². The minimum absolute atomic E-state index is 0.0419. The summed E-state index contributed by atoms with van der Waals surface area (Å²) >= 11 is 5.98. The fourth-order valence-electron chi connectivity index (χ4n) is 3.96. The SMILES string of the molecule is COc1cccc2c1N[C@H](c1ccc(Cl)c([N+](=O)[O-])c1)[C@@H]1CC=C[C@H]21. The lowest BCUT2D eigenvalue weighted by Crippen LogP contribution is -2.29. The lowest BCUT2D eigenvalue weighted by Gasteiger charge is -2.38. The first-order chi connectivity index (χ1) is 12.1. The number of nitrogens with one attached hydrogen (secondary N) is 1. The zero-order valence-corrected chi connectivity index (χ0v) is 14.4. The van der Waals surface area contributed by atoms with E-state index in [1.54, 1.807) is 19.2 Å². The summed E-state index contributed by atoms with van der Waals surface area (Å²) in [4.78, 5) is 10.8. The zero-order valence-electron chi connectivity index (χ0n) is 13.6. The van der Waals surface area contributed by atoms with Crippen molar-refractivity contribution < 1.29 is 9.66 Å². The second-order valence-corrected chi connectivity index (χ2v) is 6.78. The summed E-state index contributed by atoms with van der Waals surface area (Å²) < 4.78 is 5.51. The van der Waals surface area contributed by atoms with Crippen LogP contribution in [0, 0.1) is 16.0 Å². The van der Waals surface area contributed by atoms with Crippen LogP contribution in [-0.4, -0.2) is 12.0 Å². The fraction of sp³-hybridized carbons (Fsp3) is 0.263. The van der Waals surface area contributed by atoms with E-state index in [-0.39, 0.29) is 22.7 Å². The Bertz CT molecular complexity index is 881. The summed E-state index contributed by atoms with van der Waals surface area (Å²) in [6.07, 6.45) is 5.33. The van der Waals surface area contributed by atoms with Crippen LogP contribution in [0.1, 0.15) is 29.5 Å². The van der Waals surface area contributed by atoms with Crippen LogP contribution in [0.4, 0.5) is 11.4 Å². The number of anilines is 1. The average molecular weight is 357 g/mol. The van der Waals surface area contributed by atoms with Crippen LogP contribution in [0.3, 0.4) is 0 Å².